The van der Waals surface area contributed by atoms with Crippen molar-refractivity contribution in [2.75, 3.05) is 0 Å². The van der Waals surface area contributed by atoms with E-state index in [-0.39, 0.29) is 46.0 Å². The summed E-state index contributed by atoms with van der Waals surface area (Å²) in [5.41, 5.74) is 2.93. The molecule has 0 aliphatic heterocycles. The van der Waals surface area contributed by atoms with Gasteiger partial charge in [-0.3, -0.25) is 0 Å². The van der Waals surface area contributed by atoms with Gasteiger partial charge in [0.25, 0.3) is 0 Å². The fraction of sp³-hybridized carbons (Fsp3) is 0. The van der Waals surface area contributed by atoms with Crippen LogP contribution in [0.5, 0.6) is 0 Å². The van der Waals surface area contributed by atoms with E-state index in [4.69, 9.17) is 20.4 Å². The molecule has 0 unspecified atom stereocenters. The highest BCUT2D eigenvalue weighted by atomic mass is 32.1. The highest BCUT2D eigenvalue weighted by molar-refractivity contribution is 7.26. The number of fused-ring (bicyclic) bond motifs is 7. The van der Waals surface area contributed by atoms with Crippen molar-refractivity contribution in [2.45, 2.75) is 0 Å². The Labute approximate surface area is 215 Å². The van der Waals surface area contributed by atoms with E-state index in [9.17, 15) is 0 Å². The van der Waals surface area contributed by atoms with Gasteiger partial charge < -0.3 is 8.98 Å². The molecule has 3 nitrogen and oxygen atoms in total. The quantitative estimate of drug-likeness (QED) is 0.250. The Bertz CT molecular complexity index is 2400. The van der Waals surface area contributed by atoms with E-state index in [2.05, 4.69) is 0 Å². The number of oxazole rings is 1. The van der Waals surface area contributed by atoms with Gasteiger partial charge in [0.05, 0.1) is 32.4 Å². The molecule has 0 atom stereocenters. The zero-order valence-corrected chi connectivity index (χ0v) is 18.8. The van der Waals surface area contributed by atoms with Gasteiger partial charge in [-0.2, -0.15) is 0 Å². The van der Waals surface area contributed by atoms with Crippen LogP contribution in [0, 0.1) is 0 Å². The zero-order valence-electron chi connectivity index (χ0n) is 26.0. The van der Waals surface area contributed by atoms with Crippen LogP contribution >= 0.6 is 11.3 Å². The third kappa shape index (κ3) is 2.63. The molecule has 0 radical (unpaired) electrons. The molecule has 0 saturated carbocycles. The van der Waals surface area contributed by atoms with Crippen LogP contribution in [0.25, 0.3) is 70.2 Å². The van der Waals surface area contributed by atoms with Gasteiger partial charge in [0.2, 0.25) is 5.89 Å². The van der Waals surface area contributed by atoms with E-state index < -0.39 is 24.2 Å². The van der Waals surface area contributed by atoms with Crippen molar-refractivity contribution >= 4 is 64.4 Å². The Hall–Kier alpha value is -4.41. The molecule has 0 saturated heterocycles. The molecule has 0 amide bonds. The van der Waals surface area contributed by atoms with Gasteiger partial charge in [0.1, 0.15) is 5.52 Å². The topological polar surface area (TPSA) is 31.0 Å². The molecule has 3 aromatic heterocycles. The fourth-order valence-corrected chi connectivity index (χ4v) is 6.07. The summed E-state index contributed by atoms with van der Waals surface area (Å²) < 4.78 is 78.1. The van der Waals surface area contributed by atoms with Gasteiger partial charge in [-0.1, -0.05) is 66.6 Å². The van der Waals surface area contributed by atoms with Gasteiger partial charge >= 0.3 is 0 Å². The zero-order chi connectivity index (χ0) is 29.9. The summed E-state index contributed by atoms with van der Waals surface area (Å²) >= 11 is 1.48. The summed E-state index contributed by atoms with van der Waals surface area (Å²) in [6.45, 7) is 0. The predicted molar refractivity (Wildman–Crippen MR) is 147 cm³/mol. The molecule has 35 heavy (non-hydrogen) atoms. The first-order chi connectivity index (χ1) is 20.7. The minimum atomic E-state index is -0.466. The van der Waals surface area contributed by atoms with Gasteiger partial charge in [0, 0.05) is 31.8 Å². The summed E-state index contributed by atoms with van der Waals surface area (Å²) in [6, 6.07) is 15.8. The summed E-state index contributed by atoms with van der Waals surface area (Å²) in [5.74, 6) is 0.469. The van der Waals surface area contributed by atoms with Gasteiger partial charge in [-0.25, -0.2) is 4.98 Å². The minimum Gasteiger partial charge on any atom is -0.436 e. The van der Waals surface area contributed by atoms with Crippen molar-refractivity contribution in [2.24, 2.45) is 0 Å². The number of aromatic nitrogens is 2. The van der Waals surface area contributed by atoms with Crippen LogP contribution in [0.4, 0.5) is 0 Å². The highest BCUT2D eigenvalue weighted by Crippen LogP contribution is 2.44. The molecular formula is C31H18N2OS. The fourth-order valence-electron chi connectivity index (χ4n) is 4.84. The second-order valence-corrected chi connectivity index (χ2v) is 9.26. The third-order valence-electron chi connectivity index (χ3n) is 6.30. The van der Waals surface area contributed by atoms with Crippen LogP contribution in [0.3, 0.4) is 0 Å². The molecular weight excluding hydrogens is 448 g/mol. The number of para-hydroxylation sites is 4. The first-order valence-corrected chi connectivity index (χ1v) is 11.8. The van der Waals surface area contributed by atoms with Gasteiger partial charge in [0.15, 0.2) is 5.58 Å². The first kappa shape index (κ1) is 12.9. The lowest BCUT2D eigenvalue weighted by Crippen LogP contribution is -1.93. The van der Waals surface area contributed by atoms with E-state index in [0.29, 0.717) is 17.2 Å². The average Bonchev–Trinajstić information content (AvgIpc) is 3.72. The lowest BCUT2D eigenvalue weighted by Gasteiger charge is -2.09. The Morgan fingerprint density at radius 3 is 2.29 bits per heavy atom. The minimum absolute atomic E-state index is 0.0540. The van der Waals surface area contributed by atoms with E-state index in [0.717, 1.165) is 31.3 Å². The van der Waals surface area contributed by atoms with E-state index in [1.807, 2.05) is 54.6 Å². The Morgan fingerprint density at radius 2 is 1.49 bits per heavy atom. The average molecular weight is 475 g/mol. The molecule has 0 bridgehead atoms. The molecule has 8 aromatic rings. The molecule has 3 heterocycles. The maximum absolute atomic E-state index is 8.87. The highest BCUT2D eigenvalue weighted by Gasteiger charge is 2.19. The third-order valence-corrected chi connectivity index (χ3v) is 7.49. The van der Waals surface area contributed by atoms with Gasteiger partial charge in [-0.05, 0) is 42.4 Å². The Kier molecular flexibility index (Phi) is 2.59. The SMILES string of the molecule is [2H]c1c([2H])c([2H])c2c(c1[2H])c1c([2H])c([2H])c([2H])c([2H])c1n2-c1cccc2c1sc1cccc(-c3nc4ccccc4o3)c12. The number of rotatable bonds is 2. The molecule has 0 spiro atoms. The maximum atomic E-state index is 8.87. The molecule has 164 valence electrons. The van der Waals surface area contributed by atoms with Crippen molar-refractivity contribution in [1.29, 1.82) is 0 Å². The molecule has 5 aromatic carbocycles. The summed E-state index contributed by atoms with van der Waals surface area (Å²) in [5, 5.41) is 1.86. The van der Waals surface area contributed by atoms with E-state index in [1.54, 1.807) is 10.6 Å². The van der Waals surface area contributed by atoms with Crippen molar-refractivity contribution in [3.63, 3.8) is 0 Å². The molecule has 0 aliphatic rings. The Balaban J connectivity index is 1.55. The van der Waals surface area contributed by atoms with Crippen molar-refractivity contribution in [3.05, 3.63) is 109 Å². The number of thiophene rings is 1. The molecule has 0 fully saturated rings. The van der Waals surface area contributed by atoms with Crippen molar-refractivity contribution < 1.29 is 15.4 Å². The number of nitrogens with zero attached hydrogens (tertiary/aromatic N) is 2. The smallest absolute Gasteiger partial charge is 0.227 e. The summed E-state index contributed by atoms with van der Waals surface area (Å²) in [6.07, 6.45) is 0. The normalized spacial score (nSPS) is 15.2. The Morgan fingerprint density at radius 1 is 0.743 bits per heavy atom. The van der Waals surface area contributed by atoms with Crippen LogP contribution in [-0.4, -0.2) is 9.55 Å². The summed E-state index contributed by atoms with van der Waals surface area (Å²) in [7, 11) is 0. The van der Waals surface area contributed by atoms with Crippen LogP contribution in [0.1, 0.15) is 11.0 Å². The molecule has 0 aliphatic carbocycles. The van der Waals surface area contributed by atoms with Crippen molar-refractivity contribution in [3.8, 4) is 17.1 Å². The van der Waals surface area contributed by atoms with E-state index >= 15 is 0 Å². The van der Waals surface area contributed by atoms with E-state index in [1.165, 1.54) is 11.3 Å². The lowest BCUT2D eigenvalue weighted by atomic mass is 10.1. The number of benzene rings is 5. The summed E-state index contributed by atoms with van der Waals surface area (Å²) in [4.78, 5) is 4.72. The molecule has 4 heteroatoms. The monoisotopic (exact) mass is 474 g/mol. The van der Waals surface area contributed by atoms with Gasteiger partial charge in [-0.15, -0.1) is 11.3 Å². The number of hydrogen-bond donors (Lipinski definition) is 0. The molecule has 8 rings (SSSR count). The molecule has 0 N–H and O–H groups in total. The van der Waals surface area contributed by atoms with Crippen LogP contribution in [0.2, 0.25) is 0 Å². The maximum Gasteiger partial charge on any atom is 0.227 e. The second kappa shape index (κ2) is 7.05. The first-order valence-electron chi connectivity index (χ1n) is 15.0. The number of hydrogen-bond acceptors (Lipinski definition) is 3. The lowest BCUT2D eigenvalue weighted by molar-refractivity contribution is 0.620. The van der Waals surface area contributed by atoms with Crippen LogP contribution in [0.15, 0.2) is 113 Å². The van der Waals surface area contributed by atoms with Crippen LogP contribution < -0.4 is 0 Å². The largest absolute Gasteiger partial charge is 0.436 e. The van der Waals surface area contributed by atoms with Crippen LogP contribution in [-0.2, 0) is 0 Å². The predicted octanol–water partition coefficient (Wildman–Crippen LogP) is 8.96. The standard InChI is InChI=1S/C31H18N2OS/c1-4-14-24-19(9-1)20-10-2-5-15-25(20)33(24)26-16-7-11-21-29-22(12-8-18-28(29)35-30(21)26)31-32-23-13-3-6-17-27(23)34-31/h1-18H/i1D,2D,4D,5D,9D,10D,14D,15D. The van der Waals surface area contributed by atoms with Crippen molar-refractivity contribution in [1.82, 2.24) is 9.55 Å². The second-order valence-electron chi connectivity index (χ2n) is 8.20.